The molecule has 96 valence electrons. The minimum absolute atomic E-state index is 0.00139. The van der Waals surface area contributed by atoms with Gasteiger partial charge in [-0.05, 0) is 24.1 Å². The van der Waals surface area contributed by atoms with Crippen LogP contribution < -0.4 is 0 Å². The fourth-order valence-electron chi connectivity index (χ4n) is 1.82. The van der Waals surface area contributed by atoms with Crippen LogP contribution in [0.5, 0.6) is 0 Å². The van der Waals surface area contributed by atoms with Crippen LogP contribution in [0.15, 0.2) is 23.4 Å². The van der Waals surface area contributed by atoms with E-state index in [4.69, 9.17) is 5.53 Å². The second-order valence-corrected chi connectivity index (χ2v) is 3.79. The molecule has 0 bridgehead atoms. The number of pyridine rings is 1. The Balaban J connectivity index is 2.96. The number of esters is 1. The molecule has 0 aliphatic heterocycles. The van der Waals surface area contributed by atoms with E-state index in [0.717, 1.165) is 6.20 Å². The molecule has 0 aliphatic carbocycles. The zero-order valence-electron chi connectivity index (χ0n) is 10.2. The number of benzene rings is 1. The van der Waals surface area contributed by atoms with Crippen LogP contribution in [-0.4, -0.2) is 18.1 Å². The third-order valence-corrected chi connectivity index (χ3v) is 2.70. The van der Waals surface area contributed by atoms with Gasteiger partial charge in [0.25, 0.3) is 0 Å². The molecule has 2 rings (SSSR count). The van der Waals surface area contributed by atoms with E-state index in [2.05, 4.69) is 19.7 Å². The van der Waals surface area contributed by atoms with Gasteiger partial charge in [-0.25, -0.2) is 9.18 Å². The monoisotopic (exact) mass is 260 g/mol. The molecule has 2 aromatic rings. The smallest absolute Gasteiger partial charge is 0.339 e. The maximum atomic E-state index is 13.7. The molecule has 7 heteroatoms. The first kappa shape index (κ1) is 12.8. The summed E-state index contributed by atoms with van der Waals surface area (Å²) in [6, 6.07) is 2.79. The second-order valence-electron chi connectivity index (χ2n) is 3.79. The van der Waals surface area contributed by atoms with E-state index in [0.29, 0.717) is 10.9 Å². The fraction of sp³-hybridized carbons (Fsp3) is 0.167. The third-order valence-electron chi connectivity index (χ3n) is 2.70. The van der Waals surface area contributed by atoms with Crippen LogP contribution in [0.3, 0.4) is 0 Å². The highest BCUT2D eigenvalue weighted by molar-refractivity contribution is 6.04. The summed E-state index contributed by atoms with van der Waals surface area (Å²) in [6.45, 7) is 1.71. The van der Waals surface area contributed by atoms with Gasteiger partial charge in [-0.3, -0.25) is 4.98 Å². The largest absolute Gasteiger partial charge is 0.465 e. The molecule has 1 heterocycles. The Morgan fingerprint density at radius 1 is 1.53 bits per heavy atom. The van der Waals surface area contributed by atoms with Crippen LogP contribution in [0, 0.1) is 12.7 Å². The summed E-state index contributed by atoms with van der Waals surface area (Å²) in [5.41, 5.74) is 9.34. The van der Waals surface area contributed by atoms with Crippen molar-refractivity contribution in [3.8, 4) is 0 Å². The first-order valence-corrected chi connectivity index (χ1v) is 5.31. The van der Waals surface area contributed by atoms with Crippen molar-refractivity contribution in [2.75, 3.05) is 7.11 Å². The standard InChI is InChI=1S/C12H9FN4O2/c1-6-3-4-8(13)11-9(6)10(16-17-14)7(5-15-11)12(18)19-2/h3-5H,1-2H3. The summed E-state index contributed by atoms with van der Waals surface area (Å²) >= 11 is 0. The van der Waals surface area contributed by atoms with Crippen molar-refractivity contribution in [3.63, 3.8) is 0 Å². The lowest BCUT2D eigenvalue weighted by atomic mass is 10.0. The first-order valence-electron chi connectivity index (χ1n) is 5.31. The molecule has 0 atom stereocenters. The Morgan fingerprint density at radius 2 is 2.26 bits per heavy atom. The Labute approximate surface area is 107 Å². The predicted molar refractivity (Wildman–Crippen MR) is 66.6 cm³/mol. The van der Waals surface area contributed by atoms with Crippen LogP contribution in [0.1, 0.15) is 15.9 Å². The Hall–Kier alpha value is -2.66. The molecule has 6 nitrogen and oxygen atoms in total. The Bertz CT molecular complexity index is 723. The normalized spacial score (nSPS) is 10.1. The Morgan fingerprint density at radius 3 is 2.89 bits per heavy atom. The van der Waals surface area contributed by atoms with Crippen LogP contribution in [0.4, 0.5) is 10.1 Å². The van der Waals surface area contributed by atoms with Gasteiger partial charge in [0.05, 0.1) is 18.4 Å². The summed E-state index contributed by atoms with van der Waals surface area (Å²) in [5, 5.41) is 3.78. The number of carbonyl (C=O) groups excluding carboxylic acids is 1. The molecule has 0 amide bonds. The quantitative estimate of drug-likeness (QED) is 0.358. The maximum absolute atomic E-state index is 13.7. The highest BCUT2D eigenvalue weighted by Crippen LogP contribution is 2.33. The third kappa shape index (κ3) is 2.07. The average molecular weight is 260 g/mol. The zero-order valence-corrected chi connectivity index (χ0v) is 10.2. The molecule has 0 unspecified atom stereocenters. The summed E-state index contributed by atoms with van der Waals surface area (Å²) in [5.74, 6) is -1.24. The minimum Gasteiger partial charge on any atom is -0.465 e. The van der Waals surface area contributed by atoms with Gasteiger partial charge in [-0.2, -0.15) is 0 Å². The number of aromatic nitrogens is 1. The summed E-state index contributed by atoms with van der Waals surface area (Å²) in [4.78, 5) is 18.2. The van der Waals surface area contributed by atoms with Crippen LogP contribution in [-0.2, 0) is 4.74 Å². The molecule has 1 aromatic heterocycles. The summed E-state index contributed by atoms with van der Waals surface area (Å²) < 4.78 is 18.3. The molecule has 1 aromatic carbocycles. The van der Waals surface area contributed by atoms with Crippen molar-refractivity contribution in [2.24, 2.45) is 5.11 Å². The summed E-state index contributed by atoms with van der Waals surface area (Å²) in [7, 11) is 1.20. The van der Waals surface area contributed by atoms with Crippen molar-refractivity contribution in [1.82, 2.24) is 4.98 Å². The molecular formula is C12H9FN4O2. The molecule has 0 fully saturated rings. The SMILES string of the molecule is COC(=O)c1cnc2c(F)ccc(C)c2c1N=[N+]=[N-]. The lowest BCUT2D eigenvalue weighted by Gasteiger charge is -2.09. The van der Waals surface area contributed by atoms with E-state index >= 15 is 0 Å². The number of azide groups is 1. The van der Waals surface area contributed by atoms with Crippen molar-refractivity contribution in [3.05, 3.63) is 45.7 Å². The predicted octanol–water partition coefficient (Wildman–Crippen LogP) is 3.41. The minimum atomic E-state index is -0.694. The van der Waals surface area contributed by atoms with Gasteiger partial charge in [0.15, 0.2) is 0 Å². The van der Waals surface area contributed by atoms with E-state index in [1.54, 1.807) is 6.92 Å². The van der Waals surface area contributed by atoms with Crippen LogP contribution in [0.25, 0.3) is 21.3 Å². The number of rotatable bonds is 2. The van der Waals surface area contributed by atoms with E-state index in [-0.39, 0.29) is 16.8 Å². The number of nitrogens with zero attached hydrogens (tertiary/aromatic N) is 4. The Kier molecular flexibility index (Phi) is 3.31. The van der Waals surface area contributed by atoms with Gasteiger partial charge in [-0.15, -0.1) is 0 Å². The van der Waals surface area contributed by atoms with E-state index in [9.17, 15) is 9.18 Å². The number of aryl methyl sites for hydroxylation is 1. The van der Waals surface area contributed by atoms with E-state index in [1.165, 1.54) is 19.2 Å². The molecule has 0 radical (unpaired) electrons. The number of ether oxygens (including phenoxy) is 1. The number of hydrogen-bond acceptors (Lipinski definition) is 4. The molecule has 0 saturated heterocycles. The molecular weight excluding hydrogens is 251 g/mol. The van der Waals surface area contributed by atoms with Gasteiger partial charge >= 0.3 is 5.97 Å². The highest BCUT2D eigenvalue weighted by atomic mass is 19.1. The number of halogens is 1. The topological polar surface area (TPSA) is 88.0 Å². The number of fused-ring (bicyclic) bond motifs is 1. The van der Waals surface area contributed by atoms with Crippen LogP contribution >= 0.6 is 0 Å². The lowest BCUT2D eigenvalue weighted by molar-refractivity contribution is 0.0601. The summed E-state index contributed by atoms with van der Waals surface area (Å²) in [6.07, 6.45) is 1.14. The molecule has 0 saturated carbocycles. The van der Waals surface area contributed by atoms with Crippen molar-refractivity contribution >= 4 is 22.6 Å². The maximum Gasteiger partial charge on any atom is 0.339 e. The van der Waals surface area contributed by atoms with Gasteiger partial charge in [0, 0.05) is 16.5 Å². The molecule has 0 N–H and O–H groups in total. The van der Waals surface area contributed by atoms with Gasteiger partial charge in [-0.1, -0.05) is 11.2 Å². The fourth-order valence-corrected chi connectivity index (χ4v) is 1.82. The average Bonchev–Trinajstić information content (AvgIpc) is 2.42. The zero-order chi connectivity index (χ0) is 14.0. The van der Waals surface area contributed by atoms with Gasteiger partial charge < -0.3 is 4.74 Å². The molecule has 0 aliphatic rings. The van der Waals surface area contributed by atoms with Crippen LogP contribution in [0.2, 0.25) is 0 Å². The second kappa shape index (κ2) is 4.91. The molecule has 0 spiro atoms. The lowest BCUT2D eigenvalue weighted by Crippen LogP contribution is -2.03. The number of hydrogen-bond donors (Lipinski definition) is 0. The number of carbonyl (C=O) groups is 1. The first-order chi connectivity index (χ1) is 9.10. The number of methoxy groups -OCH3 is 1. The van der Waals surface area contributed by atoms with Crippen molar-refractivity contribution < 1.29 is 13.9 Å². The van der Waals surface area contributed by atoms with E-state index < -0.39 is 11.8 Å². The highest BCUT2D eigenvalue weighted by Gasteiger charge is 2.17. The van der Waals surface area contributed by atoms with Gasteiger partial charge in [0.1, 0.15) is 11.3 Å². The van der Waals surface area contributed by atoms with Crippen molar-refractivity contribution in [2.45, 2.75) is 6.92 Å². The van der Waals surface area contributed by atoms with E-state index in [1.807, 2.05) is 0 Å². The van der Waals surface area contributed by atoms with Crippen molar-refractivity contribution in [1.29, 1.82) is 0 Å². The molecule has 19 heavy (non-hydrogen) atoms. The van der Waals surface area contributed by atoms with Gasteiger partial charge in [0.2, 0.25) is 0 Å².